The summed E-state index contributed by atoms with van der Waals surface area (Å²) in [6, 6.07) is 2.01. The molecule has 1 aromatic heterocycles. The van der Waals surface area contributed by atoms with Gasteiger partial charge in [0.05, 0.1) is 4.47 Å². The molecule has 0 aliphatic heterocycles. The van der Waals surface area contributed by atoms with Crippen LogP contribution in [0.4, 0.5) is 0 Å². The first-order valence-electron chi connectivity index (χ1n) is 3.99. The van der Waals surface area contributed by atoms with Gasteiger partial charge in [-0.15, -0.1) is 11.8 Å². The fourth-order valence-corrected chi connectivity index (χ4v) is 2.21. The molecule has 0 amide bonds. The molecule has 1 rings (SSSR count). The van der Waals surface area contributed by atoms with Crippen molar-refractivity contribution in [2.75, 3.05) is 5.75 Å². The Morgan fingerprint density at radius 1 is 1.58 bits per heavy atom. The van der Waals surface area contributed by atoms with Crippen LogP contribution in [0, 0.1) is 6.92 Å². The zero-order chi connectivity index (χ0) is 8.97. The Morgan fingerprint density at radius 3 is 3.00 bits per heavy atom. The van der Waals surface area contributed by atoms with E-state index in [-0.39, 0.29) is 0 Å². The highest BCUT2D eigenvalue weighted by molar-refractivity contribution is 9.10. The molecule has 1 nitrogen and oxygen atoms in total. The topological polar surface area (TPSA) is 12.9 Å². The van der Waals surface area contributed by atoms with Gasteiger partial charge in [-0.3, -0.25) is 0 Å². The lowest BCUT2D eigenvalue weighted by atomic mass is 10.3. The van der Waals surface area contributed by atoms with E-state index in [1.807, 2.05) is 12.3 Å². The number of aryl methyl sites for hydroxylation is 1. The number of hydrogen-bond donors (Lipinski definition) is 0. The summed E-state index contributed by atoms with van der Waals surface area (Å²) in [7, 11) is 0. The molecule has 0 spiro atoms. The zero-order valence-electron chi connectivity index (χ0n) is 7.30. The van der Waals surface area contributed by atoms with E-state index in [4.69, 9.17) is 0 Å². The number of hydrogen-bond acceptors (Lipinski definition) is 2. The summed E-state index contributed by atoms with van der Waals surface area (Å²) < 4.78 is 1.14. The van der Waals surface area contributed by atoms with Gasteiger partial charge in [0.1, 0.15) is 5.03 Å². The largest absolute Gasteiger partial charge is 0.249 e. The normalized spacial score (nSPS) is 10.2. The Kier molecular flexibility index (Phi) is 4.09. The van der Waals surface area contributed by atoms with Crippen LogP contribution in [0.5, 0.6) is 0 Å². The maximum atomic E-state index is 4.29. The molecule has 66 valence electrons. The first-order chi connectivity index (χ1) is 5.75. The zero-order valence-corrected chi connectivity index (χ0v) is 9.70. The second kappa shape index (κ2) is 4.87. The third kappa shape index (κ3) is 2.49. The Hall–Kier alpha value is -0.0200. The summed E-state index contributed by atoms with van der Waals surface area (Å²) in [5.41, 5.74) is 1.25. The van der Waals surface area contributed by atoms with E-state index >= 15 is 0 Å². The average molecular weight is 246 g/mol. The van der Waals surface area contributed by atoms with Gasteiger partial charge >= 0.3 is 0 Å². The molecule has 3 heteroatoms. The maximum absolute atomic E-state index is 4.29. The summed E-state index contributed by atoms with van der Waals surface area (Å²) in [5.74, 6) is 1.13. The highest BCUT2D eigenvalue weighted by Gasteiger charge is 2.02. The Balaban J connectivity index is 2.78. The minimum absolute atomic E-state index is 1.11. The molecule has 0 saturated carbocycles. The standard InChI is InChI=1S/C9H12BrNS/c1-3-6-12-9-8(10)7(2)4-5-11-9/h4-5H,3,6H2,1-2H3. The smallest absolute Gasteiger partial charge is 0.110 e. The third-order valence-electron chi connectivity index (χ3n) is 1.49. The SMILES string of the molecule is CCCSc1nccc(C)c1Br. The van der Waals surface area contributed by atoms with Crippen molar-refractivity contribution >= 4 is 27.7 Å². The van der Waals surface area contributed by atoms with E-state index in [9.17, 15) is 0 Å². The molecular weight excluding hydrogens is 234 g/mol. The molecule has 0 saturated heterocycles. The number of thioether (sulfide) groups is 1. The van der Waals surface area contributed by atoms with E-state index < -0.39 is 0 Å². The number of halogens is 1. The summed E-state index contributed by atoms with van der Waals surface area (Å²) in [5, 5.41) is 1.11. The van der Waals surface area contributed by atoms with E-state index in [0.29, 0.717) is 0 Å². The van der Waals surface area contributed by atoms with Crippen molar-refractivity contribution in [1.82, 2.24) is 4.98 Å². The molecule has 1 aromatic rings. The molecule has 0 aliphatic carbocycles. The van der Waals surface area contributed by atoms with Crippen LogP contribution in [0.3, 0.4) is 0 Å². The van der Waals surface area contributed by atoms with Crippen molar-refractivity contribution in [2.24, 2.45) is 0 Å². The van der Waals surface area contributed by atoms with Crippen LogP contribution < -0.4 is 0 Å². The molecular formula is C9H12BrNS. The number of rotatable bonds is 3. The summed E-state index contributed by atoms with van der Waals surface area (Å²) >= 11 is 5.33. The average Bonchev–Trinajstić information content (AvgIpc) is 2.08. The second-order valence-electron chi connectivity index (χ2n) is 2.60. The van der Waals surface area contributed by atoms with Crippen molar-refractivity contribution in [3.63, 3.8) is 0 Å². The molecule has 1 heterocycles. The van der Waals surface area contributed by atoms with Gasteiger partial charge < -0.3 is 0 Å². The Bertz CT molecular complexity index is 263. The van der Waals surface area contributed by atoms with E-state index in [2.05, 4.69) is 34.8 Å². The predicted molar refractivity (Wildman–Crippen MR) is 57.7 cm³/mol. The van der Waals surface area contributed by atoms with Gasteiger partial charge in [-0.05, 0) is 46.7 Å². The maximum Gasteiger partial charge on any atom is 0.110 e. The molecule has 0 unspecified atom stereocenters. The Labute approximate surface area is 86.1 Å². The summed E-state index contributed by atoms with van der Waals surface area (Å²) in [6.07, 6.45) is 3.05. The van der Waals surface area contributed by atoms with Crippen LogP contribution in [0.25, 0.3) is 0 Å². The summed E-state index contributed by atoms with van der Waals surface area (Å²) in [6.45, 7) is 4.26. The lowest BCUT2D eigenvalue weighted by Crippen LogP contribution is -1.86. The lowest BCUT2D eigenvalue weighted by molar-refractivity contribution is 1.06. The van der Waals surface area contributed by atoms with Gasteiger partial charge in [0, 0.05) is 6.20 Å². The van der Waals surface area contributed by atoms with Gasteiger partial charge in [0.2, 0.25) is 0 Å². The molecule has 12 heavy (non-hydrogen) atoms. The third-order valence-corrected chi connectivity index (χ3v) is 3.95. The van der Waals surface area contributed by atoms with Gasteiger partial charge in [-0.25, -0.2) is 4.98 Å². The van der Waals surface area contributed by atoms with Crippen molar-refractivity contribution < 1.29 is 0 Å². The monoisotopic (exact) mass is 245 g/mol. The van der Waals surface area contributed by atoms with Crippen LogP contribution in [0.2, 0.25) is 0 Å². The molecule has 0 radical (unpaired) electrons. The minimum atomic E-state index is 1.11. The summed E-state index contributed by atoms with van der Waals surface area (Å²) in [4.78, 5) is 4.29. The van der Waals surface area contributed by atoms with Crippen molar-refractivity contribution in [1.29, 1.82) is 0 Å². The van der Waals surface area contributed by atoms with Crippen LogP contribution in [-0.4, -0.2) is 10.7 Å². The van der Waals surface area contributed by atoms with Crippen LogP contribution in [-0.2, 0) is 0 Å². The van der Waals surface area contributed by atoms with E-state index in [1.54, 1.807) is 11.8 Å². The molecule has 0 fully saturated rings. The number of nitrogens with zero attached hydrogens (tertiary/aromatic N) is 1. The van der Waals surface area contributed by atoms with Gasteiger partial charge in [-0.2, -0.15) is 0 Å². The second-order valence-corrected chi connectivity index (χ2v) is 4.47. The lowest BCUT2D eigenvalue weighted by Gasteiger charge is -2.03. The first-order valence-corrected chi connectivity index (χ1v) is 5.77. The highest BCUT2D eigenvalue weighted by atomic mass is 79.9. The molecule has 0 N–H and O–H groups in total. The fourth-order valence-electron chi connectivity index (χ4n) is 0.815. The highest BCUT2D eigenvalue weighted by Crippen LogP contribution is 2.27. The number of aromatic nitrogens is 1. The quantitative estimate of drug-likeness (QED) is 0.755. The minimum Gasteiger partial charge on any atom is -0.249 e. The van der Waals surface area contributed by atoms with Crippen LogP contribution >= 0.6 is 27.7 Å². The van der Waals surface area contributed by atoms with Crippen molar-refractivity contribution in [3.8, 4) is 0 Å². The van der Waals surface area contributed by atoms with E-state index in [0.717, 1.165) is 15.3 Å². The number of pyridine rings is 1. The van der Waals surface area contributed by atoms with Crippen LogP contribution in [0.15, 0.2) is 21.8 Å². The van der Waals surface area contributed by atoms with E-state index in [1.165, 1.54) is 12.0 Å². The molecule has 0 aromatic carbocycles. The van der Waals surface area contributed by atoms with Crippen molar-refractivity contribution in [2.45, 2.75) is 25.3 Å². The van der Waals surface area contributed by atoms with Gasteiger partial charge in [0.15, 0.2) is 0 Å². The molecule has 0 aliphatic rings. The molecule has 0 atom stereocenters. The van der Waals surface area contributed by atoms with Gasteiger partial charge in [0.25, 0.3) is 0 Å². The first kappa shape index (κ1) is 10.1. The van der Waals surface area contributed by atoms with Crippen molar-refractivity contribution in [3.05, 3.63) is 22.3 Å². The van der Waals surface area contributed by atoms with Gasteiger partial charge in [-0.1, -0.05) is 6.92 Å². The molecule has 0 bridgehead atoms. The fraction of sp³-hybridized carbons (Fsp3) is 0.444. The Morgan fingerprint density at radius 2 is 2.33 bits per heavy atom. The predicted octanol–water partition coefficient (Wildman–Crippen LogP) is 3.65. The van der Waals surface area contributed by atoms with Crippen LogP contribution in [0.1, 0.15) is 18.9 Å².